The number of benzene rings is 1. The lowest BCUT2D eigenvalue weighted by atomic mass is 10.1. The van der Waals surface area contributed by atoms with E-state index in [0.29, 0.717) is 6.61 Å². The predicted octanol–water partition coefficient (Wildman–Crippen LogP) is 2.08. The van der Waals surface area contributed by atoms with E-state index in [0.717, 1.165) is 12.0 Å². The van der Waals surface area contributed by atoms with Crippen LogP contribution in [0.5, 0.6) is 0 Å². The third-order valence-electron chi connectivity index (χ3n) is 2.90. The van der Waals surface area contributed by atoms with E-state index in [2.05, 4.69) is 0 Å². The van der Waals surface area contributed by atoms with Crippen molar-refractivity contribution in [1.29, 1.82) is 0 Å². The summed E-state index contributed by atoms with van der Waals surface area (Å²) in [5.74, 6) is -0.0727. The van der Waals surface area contributed by atoms with Crippen LogP contribution in [0.15, 0.2) is 30.3 Å². The Morgan fingerprint density at radius 3 is 2.39 bits per heavy atom. The van der Waals surface area contributed by atoms with Gasteiger partial charge < -0.3 is 4.74 Å². The molecule has 1 aromatic rings. The Morgan fingerprint density at radius 1 is 1.28 bits per heavy atom. The van der Waals surface area contributed by atoms with Crippen molar-refractivity contribution < 1.29 is 13.2 Å². The van der Waals surface area contributed by atoms with Crippen molar-refractivity contribution in [3.05, 3.63) is 35.9 Å². The van der Waals surface area contributed by atoms with Crippen molar-refractivity contribution in [2.24, 2.45) is 11.1 Å². The van der Waals surface area contributed by atoms with E-state index >= 15 is 0 Å². The molecule has 2 atom stereocenters. The zero-order valence-corrected chi connectivity index (χ0v) is 11.7. The Bertz CT molecular complexity index is 445. The molecule has 2 N–H and O–H groups in total. The van der Waals surface area contributed by atoms with E-state index in [-0.39, 0.29) is 17.8 Å². The fourth-order valence-corrected chi connectivity index (χ4v) is 2.70. The van der Waals surface area contributed by atoms with Crippen LogP contribution in [0.25, 0.3) is 0 Å². The first-order chi connectivity index (χ1) is 8.42. The quantitative estimate of drug-likeness (QED) is 0.825. The SMILES string of the molecule is CCC(COC(C)c1ccccc1)CS(N)(=O)=O. The Morgan fingerprint density at radius 2 is 1.89 bits per heavy atom. The van der Waals surface area contributed by atoms with Gasteiger partial charge >= 0.3 is 0 Å². The number of nitrogens with two attached hydrogens (primary N) is 1. The Kier molecular flexibility index (Phi) is 5.78. The number of hydrogen-bond acceptors (Lipinski definition) is 3. The molecule has 18 heavy (non-hydrogen) atoms. The minimum Gasteiger partial charge on any atom is -0.373 e. The molecule has 0 aliphatic heterocycles. The molecule has 1 rings (SSSR count). The van der Waals surface area contributed by atoms with Gasteiger partial charge in [0.1, 0.15) is 0 Å². The van der Waals surface area contributed by atoms with Gasteiger partial charge in [-0.05, 0) is 18.4 Å². The van der Waals surface area contributed by atoms with E-state index < -0.39 is 10.0 Å². The highest BCUT2D eigenvalue weighted by atomic mass is 32.2. The lowest BCUT2D eigenvalue weighted by Gasteiger charge is -2.18. The highest BCUT2D eigenvalue weighted by Crippen LogP contribution is 2.18. The molecule has 0 aliphatic rings. The summed E-state index contributed by atoms with van der Waals surface area (Å²) in [6, 6.07) is 9.84. The lowest BCUT2D eigenvalue weighted by molar-refractivity contribution is 0.0431. The molecule has 1 aromatic carbocycles. The van der Waals surface area contributed by atoms with Crippen molar-refractivity contribution in [1.82, 2.24) is 0 Å². The first-order valence-corrected chi connectivity index (χ1v) is 7.81. The minimum absolute atomic E-state index is 0.0228. The van der Waals surface area contributed by atoms with Gasteiger partial charge in [-0.1, -0.05) is 43.7 Å². The van der Waals surface area contributed by atoms with Crippen LogP contribution in [0, 0.1) is 5.92 Å². The van der Waals surface area contributed by atoms with E-state index in [9.17, 15) is 8.42 Å². The van der Waals surface area contributed by atoms with Crippen LogP contribution in [-0.2, 0) is 14.8 Å². The molecule has 0 aliphatic carbocycles. The molecule has 102 valence electrons. The number of primary sulfonamides is 1. The van der Waals surface area contributed by atoms with Gasteiger partial charge in [-0.3, -0.25) is 0 Å². The van der Waals surface area contributed by atoms with Gasteiger partial charge in [0, 0.05) is 0 Å². The topological polar surface area (TPSA) is 69.4 Å². The Balaban J connectivity index is 2.48. The highest BCUT2D eigenvalue weighted by molar-refractivity contribution is 7.89. The summed E-state index contributed by atoms with van der Waals surface area (Å²) in [7, 11) is -3.43. The predicted molar refractivity (Wildman–Crippen MR) is 72.6 cm³/mol. The molecule has 0 radical (unpaired) electrons. The van der Waals surface area contributed by atoms with Crippen molar-refractivity contribution in [2.75, 3.05) is 12.4 Å². The molecule has 0 saturated carbocycles. The van der Waals surface area contributed by atoms with Gasteiger partial charge in [-0.25, -0.2) is 13.6 Å². The maximum Gasteiger partial charge on any atom is 0.209 e. The van der Waals surface area contributed by atoms with Crippen LogP contribution in [-0.4, -0.2) is 20.8 Å². The van der Waals surface area contributed by atoms with Crippen molar-refractivity contribution >= 4 is 10.0 Å². The molecule has 0 amide bonds. The minimum atomic E-state index is -3.43. The molecular formula is C13H21NO3S. The second-order valence-corrected chi connectivity index (χ2v) is 6.15. The summed E-state index contributed by atoms with van der Waals surface area (Å²) in [4.78, 5) is 0. The van der Waals surface area contributed by atoms with Gasteiger partial charge in [0.15, 0.2) is 0 Å². The van der Waals surface area contributed by atoms with Crippen molar-refractivity contribution in [2.45, 2.75) is 26.4 Å². The van der Waals surface area contributed by atoms with Gasteiger partial charge in [0.2, 0.25) is 10.0 Å². The molecule has 0 saturated heterocycles. The average molecular weight is 271 g/mol. The Hall–Kier alpha value is -0.910. The van der Waals surface area contributed by atoms with Crippen LogP contribution < -0.4 is 5.14 Å². The van der Waals surface area contributed by atoms with E-state index in [1.54, 1.807) is 0 Å². The third-order valence-corrected chi connectivity index (χ3v) is 3.83. The third kappa shape index (κ3) is 5.62. The molecule has 0 heterocycles. The second-order valence-electron chi connectivity index (χ2n) is 4.49. The maximum absolute atomic E-state index is 11.0. The lowest BCUT2D eigenvalue weighted by Crippen LogP contribution is -2.26. The van der Waals surface area contributed by atoms with Crippen molar-refractivity contribution in [3.63, 3.8) is 0 Å². The zero-order valence-electron chi connectivity index (χ0n) is 10.9. The molecule has 0 bridgehead atoms. The number of sulfonamides is 1. The summed E-state index contributed by atoms with van der Waals surface area (Å²) in [5, 5.41) is 5.05. The second kappa shape index (κ2) is 6.87. The van der Waals surface area contributed by atoms with E-state index in [1.165, 1.54) is 0 Å². The summed E-state index contributed by atoms with van der Waals surface area (Å²) in [6.45, 7) is 4.30. The fourth-order valence-electron chi connectivity index (χ4n) is 1.71. The van der Waals surface area contributed by atoms with Gasteiger partial charge in [-0.2, -0.15) is 0 Å². The first-order valence-electron chi connectivity index (χ1n) is 6.09. The zero-order chi connectivity index (χ0) is 13.6. The molecule has 0 aromatic heterocycles. The average Bonchev–Trinajstić information content (AvgIpc) is 2.33. The maximum atomic E-state index is 11.0. The molecule has 0 spiro atoms. The number of ether oxygens (including phenoxy) is 1. The van der Waals surface area contributed by atoms with Crippen LogP contribution in [0.2, 0.25) is 0 Å². The number of hydrogen-bond donors (Lipinski definition) is 1. The van der Waals surface area contributed by atoms with E-state index in [1.807, 2.05) is 44.2 Å². The van der Waals surface area contributed by atoms with Gasteiger partial charge in [0.05, 0.1) is 18.5 Å². The van der Waals surface area contributed by atoms with E-state index in [4.69, 9.17) is 9.88 Å². The van der Waals surface area contributed by atoms with Crippen LogP contribution in [0.1, 0.15) is 31.9 Å². The molecule has 0 fully saturated rings. The summed E-state index contributed by atoms with van der Waals surface area (Å²) >= 11 is 0. The summed E-state index contributed by atoms with van der Waals surface area (Å²) < 4.78 is 27.8. The Labute approximate surface area is 109 Å². The van der Waals surface area contributed by atoms with Crippen LogP contribution in [0.3, 0.4) is 0 Å². The van der Waals surface area contributed by atoms with Crippen LogP contribution >= 0.6 is 0 Å². The summed E-state index contributed by atoms with van der Waals surface area (Å²) in [6.07, 6.45) is 0.693. The smallest absolute Gasteiger partial charge is 0.209 e. The van der Waals surface area contributed by atoms with Crippen molar-refractivity contribution in [3.8, 4) is 0 Å². The van der Waals surface area contributed by atoms with Gasteiger partial charge in [-0.15, -0.1) is 0 Å². The number of rotatable bonds is 7. The largest absolute Gasteiger partial charge is 0.373 e. The first kappa shape index (κ1) is 15.1. The molecular weight excluding hydrogens is 250 g/mol. The fraction of sp³-hybridized carbons (Fsp3) is 0.538. The summed E-state index contributed by atoms with van der Waals surface area (Å²) in [5.41, 5.74) is 1.09. The van der Waals surface area contributed by atoms with Crippen LogP contribution in [0.4, 0.5) is 0 Å². The molecule has 2 unspecified atom stereocenters. The normalized spacial score (nSPS) is 15.3. The van der Waals surface area contributed by atoms with Gasteiger partial charge in [0.25, 0.3) is 0 Å². The molecule has 5 heteroatoms. The monoisotopic (exact) mass is 271 g/mol. The standard InChI is InChI=1S/C13H21NO3S/c1-3-12(10-18(14,15)16)9-17-11(2)13-7-5-4-6-8-13/h4-8,11-12H,3,9-10H2,1-2H3,(H2,14,15,16). The highest BCUT2D eigenvalue weighted by Gasteiger charge is 2.16. The molecule has 4 nitrogen and oxygen atoms in total.